The number of ether oxygens (including phenoxy) is 1. The number of methoxy groups -OCH3 is 1. The fourth-order valence-corrected chi connectivity index (χ4v) is 2.48. The Kier molecular flexibility index (Phi) is 4.92. The molecule has 20 heavy (non-hydrogen) atoms. The summed E-state index contributed by atoms with van der Waals surface area (Å²) in [5.41, 5.74) is 6.10. The maximum Gasteiger partial charge on any atom is 0.219 e. The van der Waals surface area contributed by atoms with Gasteiger partial charge < -0.3 is 15.8 Å². The van der Waals surface area contributed by atoms with Crippen molar-refractivity contribution in [3.05, 3.63) is 29.6 Å². The topological polar surface area (TPSA) is 67.6 Å². The first-order valence-electron chi connectivity index (χ1n) is 6.65. The van der Waals surface area contributed by atoms with Crippen LogP contribution in [0.5, 0.6) is 5.75 Å². The molecule has 1 amide bonds. The van der Waals surface area contributed by atoms with Crippen LogP contribution < -0.4 is 15.8 Å². The minimum atomic E-state index is -0.353. The number of nitrogens with zero attached hydrogens (tertiary/aromatic N) is 1. The van der Waals surface area contributed by atoms with Crippen molar-refractivity contribution in [2.75, 3.05) is 26.7 Å². The van der Waals surface area contributed by atoms with E-state index in [1.54, 1.807) is 6.07 Å². The van der Waals surface area contributed by atoms with E-state index in [4.69, 9.17) is 10.5 Å². The third kappa shape index (κ3) is 3.91. The second-order valence-corrected chi connectivity index (χ2v) is 5.03. The molecule has 2 rings (SSSR count). The van der Waals surface area contributed by atoms with Gasteiger partial charge in [0.05, 0.1) is 7.11 Å². The van der Waals surface area contributed by atoms with E-state index >= 15 is 0 Å². The number of amides is 1. The SMILES string of the molecule is COc1ccc(CN2CCNC(CC(N)=O)C2)cc1F. The first kappa shape index (κ1) is 14.7. The highest BCUT2D eigenvalue weighted by molar-refractivity contribution is 5.74. The van der Waals surface area contributed by atoms with Gasteiger partial charge in [0.25, 0.3) is 0 Å². The zero-order chi connectivity index (χ0) is 14.5. The van der Waals surface area contributed by atoms with Crippen molar-refractivity contribution in [3.8, 4) is 5.75 Å². The van der Waals surface area contributed by atoms with Crippen LogP contribution in [0.2, 0.25) is 0 Å². The van der Waals surface area contributed by atoms with Gasteiger partial charge in [-0.2, -0.15) is 0 Å². The molecule has 0 aliphatic carbocycles. The number of carbonyl (C=O) groups is 1. The van der Waals surface area contributed by atoms with Crippen molar-refractivity contribution in [1.82, 2.24) is 10.2 Å². The molecule has 0 saturated carbocycles. The van der Waals surface area contributed by atoms with Crippen LogP contribution in [0.15, 0.2) is 18.2 Å². The van der Waals surface area contributed by atoms with Gasteiger partial charge in [0.2, 0.25) is 5.91 Å². The van der Waals surface area contributed by atoms with E-state index in [2.05, 4.69) is 10.2 Å². The number of nitrogens with one attached hydrogen (secondary N) is 1. The average Bonchev–Trinajstić information content (AvgIpc) is 2.38. The molecule has 1 unspecified atom stereocenters. The molecule has 0 radical (unpaired) electrons. The summed E-state index contributed by atoms with van der Waals surface area (Å²) in [4.78, 5) is 13.1. The van der Waals surface area contributed by atoms with E-state index in [1.165, 1.54) is 13.2 Å². The van der Waals surface area contributed by atoms with Crippen LogP contribution in [0.1, 0.15) is 12.0 Å². The molecule has 1 aromatic rings. The summed E-state index contributed by atoms with van der Waals surface area (Å²) >= 11 is 0. The lowest BCUT2D eigenvalue weighted by Crippen LogP contribution is -2.51. The predicted octanol–water partition coefficient (Wildman–Crippen LogP) is 0.484. The zero-order valence-electron chi connectivity index (χ0n) is 11.6. The lowest BCUT2D eigenvalue weighted by Gasteiger charge is -2.33. The summed E-state index contributed by atoms with van der Waals surface area (Å²) in [6, 6.07) is 5.05. The van der Waals surface area contributed by atoms with Crippen molar-refractivity contribution in [3.63, 3.8) is 0 Å². The van der Waals surface area contributed by atoms with Crippen LogP contribution in [0.25, 0.3) is 0 Å². The van der Waals surface area contributed by atoms with Gasteiger partial charge in [-0.15, -0.1) is 0 Å². The minimum Gasteiger partial charge on any atom is -0.494 e. The van der Waals surface area contributed by atoms with Gasteiger partial charge in [0.15, 0.2) is 11.6 Å². The lowest BCUT2D eigenvalue weighted by atomic mass is 10.1. The van der Waals surface area contributed by atoms with Crippen molar-refractivity contribution >= 4 is 5.91 Å². The van der Waals surface area contributed by atoms with Crippen molar-refractivity contribution in [2.24, 2.45) is 5.73 Å². The summed E-state index contributed by atoms with van der Waals surface area (Å²) in [6.45, 7) is 3.05. The standard InChI is InChI=1S/C14H20FN3O2/c1-20-13-3-2-10(6-12(13)15)8-18-5-4-17-11(9-18)7-14(16)19/h2-3,6,11,17H,4-5,7-9H2,1H3,(H2,16,19). The van der Waals surface area contributed by atoms with E-state index in [-0.39, 0.29) is 23.5 Å². The van der Waals surface area contributed by atoms with Crippen molar-refractivity contribution in [2.45, 2.75) is 19.0 Å². The Labute approximate surface area is 117 Å². The fourth-order valence-electron chi connectivity index (χ4n) is 2.48. The highest BCUT2D eigenvalue weighted by Gasteiger charge is 2.21. The normalized spacial score (nSPS) is 19.8. The van der Waals surface area contributed by atoms with E-state index in [1.807, 2.05) is 6.07 Å². The summed E-state index contributed by atoms with van der Waals surface area (Å²) in [5.74, 6) is -0.408. The Morgan fingerprint density at radius 2 is 2.40 bits per heavy atom. The molecule has 1 atom stereocenters. The summed E-state index contributed by atoms with van der Waals surface area (Å²) in [6.07, 6.45) is 0.327. The van der Waals surface area contributed by atoms with Gasteiger partial charge in [-0.1, -0.05) is 6.07 Å². The number of halogens is 1. The summed E-state index contributed by atoms with van der Waals surface area (Å²) in [7, 11) is 1.45. The number of hydrogen-bond acceptors (Lipinski definition) is 4. The first-order valence-corrected chi connectivity index (χ1v) is 6.65. The predicted molar refractivity (Wildman–Crippen MR) is 73.8 cm³/mol. The Morgan fingerprint density at radius 1 is 1.60 bits per heavy atom. The van der Waals surface area contributed by atoms with Crippen molar-refractivity contribution < 1.29 is 13.9 Å². The van der Waals surface area contributed by atoms with Gasteiger partial charge in [-0.05, 0) is 17.7 Å². The summed E-state index contributed by atoms with van der Waals surface area (Å²) < 4.78 is 18.5. The highest BCUT2D eigenvalue weighted by Crippen LogP contribution is 2.19. The molecule has 0 bridgehead atoms. The third-order valence-corrected chi connectivity index (χ3v) is 3.41. The lowest BCUT2D eigenvalue weighted by molar-refractivity contribution is -0.118. The second kappa shape index (κ2) is 6.67. The smallest absolute Gasteiger partial charge is 0.219 e. The van der Waals surface area contributed by atoms with Gasteiger partial charge in [-0.25, -0.2) is 4.39 Å². The Bertz CT molecular complexity index is 481. The molecule has 1 heterocycles. The quantitative estimate of drug-likeness (QED) is 0.824. The highest BCUT2D eigenvalue weighted by atomic mass is 19.1. The maximum atomic E-state index is 13.6. The molecular weight excluding hydrogens is 261 g/mol. The summed E-state index contributed by atoms with van der Waals surface area (Å²) in [5, 5.41) is 3.26. The van der Waals surface area contributed by atoms with Crippen LogP contribution in [-0.4, -0.2) is 43.6 Å². The van der Waals surface area contributed by atoms with Crippen LogP contribution in [0, 0.1) is 5.82 Å². The number of primary amides is 1. The number of hydrogen-bond donors (Lipinski definition) is 2. The molecule has 1 saturated heterocycles. The Hall–Kier alpha value is -1.66. The number of nitrogens with two attached hydrogens (primary N) is 1. The van der Waals surface area contributed by atoms with E-state index in [0.29, 0.717) is 13.0 Å². The van der Waals surface area contributed by atoms with E-state index in [0.717, 1.165) is 25.2 Å². The van der Waals surface area contributed by atoms with Crippen LogP contribution in [-0.2, 0) is 11.3 Å². The molecule has 0 aromatic heterocycles. The van der Waals surface area contributed by atoms with Gasteiger partial charge >= 0.3 is 0 Å². The van der Waals surface area contributed by atoms with Crippen LogP contribution in [0.4, 0.5) is 4.39 Å². The average molecular weight is 281 g/mol. The van der Waals surface area contributed by atoms with Gasteiger partial charge in [0.1, 0.15) is 0 Å². The Balaban J connectivity index is 1.95. The molecule has 0 spiro atoms. The molecule has 6 heteroatoms. The number of carbonyl (C=O) groups excluding carboxylic acids is 1. The number of benzene rings is 1. The number of rotatable bonds is 5. The largest absolute Gasteiger partial charge is 0.494 e. The fraction of sp³-hybridized carbons (Fsp3) is 0.500. The molecule has 5 nitrogen and oxygen atoms in total. The van der Waals surface area contributed by atoms with E-state index in [9.17, 15) is 9.18 Å². The van der Waals surface area contributed by atoms with Gasteiger partial charge in [-0.3, -0.25) is 9.69 Å². The monoisotopic (exact) mass is 281 g/mol. The maximum absolute atomic E-state index is 13.6. The molecule has 1 fully saturated rings. The van der Waals surface area contributed by atoms with Gasteiger partial charge in [0, 0.05) is 38.6 Å². The second-order valence-electron chi connectivity index (χ2n) is 5.03. The molecule has 1 aliphatic heterocycles. The molecule has 1 aromatic carbocycles. The zero-order valence-corrected chi connectivity index (χ0v) is 11.6. The van der Waals surface area contributed by atoms with Crippen LogP contribution in [0.3, 0.4) is 0 Å². The van der Waals surface area contributed by atoms with Crippen LogP contribution >= 0.6 is 0 Å². The first-order chi connectivity index (χ1) is 9.58. The van der Waals surface area contributed by atoms with E-state index < -0.39 is 0 Å². The van der Waals surface area contributed by atoms with Crippen molar-refractivity contribution in [1.29, 1.82) is 0 Å². The number of piperazine rings is 1. The molecular formula is C14H20FN3O2. The minimum absolute atomic E-state index is 0.0735. The third-order valence-electron chi connectivity index (χ3n) is 3.41. The molecule has 3 N–H and O–H groups in total. The molecule has 1 aliphatic rings. The Morgan fingerprint density at radius 3 is 3.05 bits per heavy atom. The molecule has 110 valence electrons.